The number of fused-ring (bicyclic) bond motifs is 1. The van der Waals surface area contributed by atoms with Crippen LogP contribution in [0.25, 0.3) is 0 Å². The van der Waals surface area contributed by atoms with E-state index in [4.69, 9.17) is 14.5 Å². The van der Waals surface area contributed by atoms with E-state index in [1.54, 1.807) is 12.1 Å². The summed E-state index contributed by atoms with van der Waals surface area (Å²) in [4.78, 5) is 7.17. The maximum Gasteiger partial charge on any atom is 0.129 e. The first-order valence-corrected chi connectivity index (χ1v) is 13.0. The Balaban J connectivity index is 1.02. The van der Waals surface area contributed by atoms with Crippen molar-refractivity contribution in [3.63, 3.8) is 0 Å². The highest BCUT2D eigenvalue weighted by atomic mass is 19.1. The standard InChI is InChI=1S/C28H38FN3O2/c1-28(12-13-28)34-20-22-7-9-24(29)17-23(22)18-32-15-11-26(19-32)33-16-3-2-6-25-10-8-21-5-4-14-30-27(21)31-25/h7-10,17,26H,2-6,11-16,18-20H2,1H3,(H,30,31). The first kappa shape index (κ1) is 23.7. The topological polar surface area (TPSA) is 46.6 Å². The van der Waals surface area contributed by atoms with Crippen LogP contribution in [0.4, 0.5) is 10.2 Å². The minimum absolute atomic E-state index is 0.0328. The maximum absolute atomic E-state index is 13.9. The molecule has 184 valence electrons. The Hall–Kier alpha value is -2.02. The van der Waals surface area contributed by atoms with E-state index in [0.29, 0.717) is 6.61 Å². The summed E-state index contributed by atoms with van der Waals surface area (Å²) < 4.78 is 26.2. The molecule has 1 saturated carbocycles. The summed E-state index contributed by atoms with van der Waals surface area (Å²) in [5.41, 5.74) is 4.69. The van der Waals surface area contributed by atoms with Crippen molar-refractivity contribution in [2.75, 3.05) is 31.6 Å². The highest BCUT2D eigenvalue weighted by Gasteiger charge is 2.38. The van der Waals surface area contributed by atoms with Gasteiger partial charge >= 0.3 is 0 Å². The van der Waals surface area contributed by atoms with Gasteiger partial charge in [-0.25, -0.2) is 9.37 Å². The lowest BCUT2D eigenvalue weighted by Gasteiger charge is -2.20. The van der Waals surface area contributed by atoms with Crippen molar-refractivity contribution in [3.8, 4) is 0 Å². The number of nitrogens with one attached hydrogen (secondary N) is 1. The number of pyridine rings is 1. The number of nitrogens with zero attached hydrogens (tertiary/aromatic N) is 2. The zero-order valence-electron chi connectivity index (χ0n) is 20.5. The van der Waals surface area contributed by atoms with Crippen molar-refractivity contribution in [1.82, 2.24) is 9.88 Å². The molecule has 0 amide bonds. The lowest BCUT2D eigenvalue weighted by atomic mass is 10.1. The van der Waals surface area contributed by atoms with Gasteiger partial charge < -0.3 is 14.8 Å². The maximum atomic E-state index is 13.9. The molecule has 5 rings (SSSR count). The van der Waals surface area contributed by atoms with Gasteiger partial charge in [-0.1, -0.05) is 12.1 Å². The Morgan fingerprint density at radius 3 is 2.97 bits per heavy atom. The molecular weight excluding hydrogens is 429 g/mol. The highest BCUT2D eigenvalue weighted by molar-refractivity contribution is 5.47. The molecule has 5 nitrogen and oxygen atoms in total. The minimum Gasteiger partial charge on any atom is -0.377 e. The second-order valence-electron chi connectivity index (χ2n) is 10.5. The number of ether oxygens (including phenoxy) is 2. The lowest BCUT2D eigenvalue weighted by Crippen LogP contribution is -2.24. The normalized spacial score (nSPS) is 21.3. The third-order valence-corrected chi connectivity index (χ3v) is 7.45. The molecule has 3 heterocycles. The summed E-state index contributed by atoms with van der Waals surface area (Å²) in [5, 5.41) is 3.42. The summed E-state index contributed by atoms with van der Waals surface area (Å²) in [5.74, 6) is 0.911. The van der Waals surface area contributed by atoms with E-state index in [1.165, 1.54) is 17.7 Å². The average molecular weight is 468 g/mol. The molecule has 1 aliphatic carbocycles. The van der Waals surface area contributed by atoms with Crippen molar-refractivity contribution >= 4 is 5.82 Å². The van der Waals surface area contributed by atoms with Gasteiger partial charge in [-0.3, -0.25) is 4.90 Å². The van der Waals surface area contributed by atoms with E-state index in [1.807, 2.05) is 6.07 Å². The third-order valence-electron chi connectivity index (χ3n) is 7.45. The van der Waals surface area contributed by atoms with E-state index in [2.05, 4.69) is 29.3 Å². The molecule has 1 saturated heterocycles. The molecule has 3 aliphatic rings. The van der Waals surface area contributed by atoms with Crippen molar-refractivity contribution in [2.45, 2.75) is 83.1 Å². The fraction of sp³-hybridized carbons (Fsp3) is 0.607. The summed E-state index contributed by atoms with van der Waals surface area (Å²) in [6.07, 6.45) is 9.02. The van der Waals surface area contributed by atoms with Crippen LogP contribution in [-0.2, 0) is 35.5 Å². The van der Waals surface area contributed by atoms with Crippen molar-refractivity contribution in [2.24, 2.45) is 0 Å². The number of halogens is 1. The molecule has 2 aliphatic heterocycles. The number of rotatable bonds is 11. The summed E-state index contributed by atoms with van der Waals surface area (Å²) >= 11 is 0. The zero-order valence-corrected chi connectivity index (χ0v) is 20.5. The molecule has 1 N–H and O–H groups in total. The summed E-state index contributed by atoms with van der Waals surface area (Å²) in [6.45, 7) is 7.19. The van der Waals surface area contributed by atoms with Crippen LogP contribution in [0.3, 0.4) is 0 Å². The number of hydrogen-bond acceptors (Lipinski definition) is 5. The number of aryl methyl sites for hydroxylation is 2. The van der Waals surface area contributed by atoms with Crippen molar-refractivity contribution in [1.29, 1.82) is 0 Å². The van der Waals surface area contributed by atoms with Crippen molar-refractivity contribution < 1.29 is 13.9 Å². The highest BCUT2D eigenvalue weighted by Crippen LogP contribution is 2.39. The van der Waals surface area contributed by atoms with Crippen LogP contribution < -0.4 is 5.32 Å². The van der Waals surface area contributed by atoms with Crippen LogP contribution in [0.15, 0.2) is 30.3 Å². The first-order chi connectivity index (χ1) is 16.6. The van der Waals surface area contributed by atoms with E-state index >= 15 is 0 Å². The number of anilines is 1. The number of benzene rings is 1. The minimum atomic E-state index is -0.174. The largest absolute Gasteiger partial charge is 0.377 e. The van der Waals surface area contributed by atoms with Gasteiger partial charge in [0.25, 0.3) is 0 Å². The zero-order chi connectivity index (χ0) is 23.4. The Morgan fingerprint density at radius 1 is 1.18 bits per heavy atom. The van der Waals surface area contributed by atoms with E-state index < -0.39 is 0 Å². The molecule has 1 atom stereocenters. The number of hydrogen-bond donors (Lipinski definition) is 1. The second-order valence-corrected chi connectivity index (χ2v) is 10.5. The molecule has 1 aromatic heterocycles. The van der Waals surface area contributed by atoms with Gasteiger partial charge in [-0.2, -0.15) is 0 Å². The Bertz CT molecular complexity index is 978. The monoisotopic (exact) mass is 467 g/mol. The molecule has 2 aromatic rings. The van der Waals surface area contributed by atoms with Crippen LogP contribution in [0, 0.1) is 5.82 Å². The summed E-state index contributed by atoms with van der Waals surface area (Å²) in [6, 6.07) is 9.51. The molecule has 0 radical (unpaired) electrons. The fourth-order valence-corrected chi connectivity index (χ4v) is 4.94. The Labute approximate surface area is 203 Å². The Morgan fingerprint density at radius 2 is 2.09 bits per heavy atom. The smallest absolute Gasteiger partial charge is 0.129 e. The van der Waals surface area contributed by atoms with E-state index in [0.717, 1.165) is 94.7 Å². The second kappa shape index (κ2) is 10.7. The number of unbranched alkanes of at least 4 members (excludes halogenated alkanes) is 1. The summed E-state index contributed by atoms with van der Waals surface area (Å²) in [7, 11) is 0. The first-order valence-electron chi connectivity index (χ1n) is 13.0. The molecule has 0 spiro atoms. The van der Waals surface area contributed by atoms with Gasteiger partial charge in [-0.05, 0) is 93.2 Å². The molecule has 0 bridgehead atoms. The number of aromatic nitrogens is 1. The molecule has 34 heavy (non-hydrogen) atoms. The van der Waals surface area contributed by atoms with Gasteiger partial charge in [0.05, 0.1) is 18.3 Å². The Kier molecular flexibility index (Phi) is 7.47. The lowest BCUT2D eigenvalue weighted by molar-refractivity contribution is 0.0327. The molecule has 6 heteroatoms. The van der Waals surface area contributed by atoms with Gasteiger partial charge in [-0.15, -0.1) is 0 Å². The van der Waals surface area contributed by atoms with Gasteiger partial charge in [0.15, 0.2) is 0 Å². The van der Waals surface area contributed by atoms with Crippen molar-refractivity contribution in [3.05, 3.63) is 58.5 Å². The SMILES string of the molecule is CC1(OCc2ccc(F)cc2CN2CCC(OCCCCc3ccc4c(n3)NCCC4)C2)CC1. The number of likely N-dealkylation sites (tertiary alicyclic amines) is 1. The van der Waals surface area contributed by atoms with Crippen LogP contribution in [0.1, 0.15) is 67.8 Å². The van der Waals surface area contributed by atoms with Crippen LogP contribution >= 0.6 is 0 Å². The van der Waals surface area contributed by atoms with Gasteiger partial charge in [0.2, 0.25) is 0 Å². The predicted octanol–water partition coefficient (Wildman–Crippen LogP) is 5.26. The quantitative estimate of drug-likeness (QED) is 0.457. The molecule has 1 unspecified atom stereocenters. The van der Waals surface area contributed by atoms with Crippen LogP contribution in [0.5, 0.6) is 0 Å². The molecule has 2 fully saturated rings. The fourth-order valence-electron chi connectivity index (χ4n) is 4.94. The van der Waals surface area contributed by atoms with Gasteiger partial charge in [0.1, 0.15) is 11.6 Å². The predicted molar refractivity (Wildman–Crippen MR) is 132 cm³/mol. The third kappa shape index (κ3) is 6.35. The molecular formula is C28H38FN3O2. The van der Waals surface area contributed by atoms with Crippen LogP contribution in [-0.4, -0.2) is 47.8 Å². The van der Waals surface area contributed by atoms with E-state index in [9.17, 15) is 4.39 Å². The van der Waals surface area contributed by atoms with Gasteiger partial charge in [0, 0.05) is 38.5 Å². The average Bonchev–Trinajstić information content (AvgIpc) is 3.41. The van der Waals surface area contributed by atoms with E-state index in [-0.39, 0.29) is 17.5 Å². The van der Waals surface area contributed by atoms with Crippen LogP contribution in [0.2, 0.25) is 0 Å². The molecule has 1 aromatic carbocycles.